The summed E-state index contributed by atoms with van der Waals surface area (Å²) < 4.78 is 7.25. The minimum absolute atomic E-state index is 1.33. The molecular weight excluding hydrogens is 291 g/mol. The van der Waals surface area contributed by atoms with Crippen molar-refractivity contribution in [1.29, 1.82) is 0 Å². The van der Waals surface area contributed by atoms with E-state index >= 15 is 0 Å². The molecule has 15 heavy (non-hydrogen) atoms. The molecule has 0 unspecified atom stereocenters. The Kier molecular flexibility index (Phi) is 5.93. The Hall–Kier alpha value is 0.719. The first kappa shape index (κ1) is 13.8. The number of nitrogens with zero attached hydrogens (tertiary/aromatic N) is 2. The zero-order valence-electron chi connectivity index (χ0n) is 11.1. The van der Waals surface area contributed by atoms with Crippen molar-refractivity contribution in [3.8, 4) is 0 Å². The number of rotatable bonds is 5. The zero-order chi connectivity index (χ0) is 11.3. The van der Waals surface area contributed by atoms with Gasteiger partial charge >= 0.3 is 101 Å². The molecule has 0 spiro atoms. The summed E-state index contributed by atoms with van der Waals surface area (Å²) in [7, 11) is 0. The molecule has 0 saturated carbocycles. The van der Waals surface area contributed by atoms with Gasteiger partial charge in [-0.2, -0.15) is 0 Å². The van der Waals surface area contributed by atoms with Crippen molar-refractivity contribution >= 4 is 18.9 Å². The maximum absolute atomic E-state index is 2.90. The van der Waals surface area contributed by atoms with Crippen LogP contribution >= 0.6 is 0 Å². The van der Waals surface area contributed by atoms with Crippen molar-refractivity contribution in [1.82, 2.24) is 6.24 Å². The van der Waals surface area contributed by atoms with Crippen LogP contribution < -0.4 is 0 Å². The van der Waals surface area contributed by atoms with Crippen molar-refractivity contribution < 1.29 is 0 Å². The van der Waals surface area contributed by atoms with Gasteiger partial charge in [0.15, 0.2) is 0 Å². The van der Waals surface area contributed by atoms with E-state index in [1.54, 1.807) is 0 Å². The fourth-order valence-corrected chi connectivity index (χ4v) is 14.2. The summed E-state index contributed by atoms with van der Waals surface area (Å²) in [4.78, 5) is 2.64. The summed E-state index contributed by atoms with van der Waals surface area (Å²) >= 11 is -2.05. The van der Waals surface area contributed by atoms with Gasteiger partial charge in [0.1, 0.15) is 0 Å². The molecular formula is C12H28N2Sn. The average molecular weight is 319 g/mol. The second-order valence-corrected chi connectivity index (χ2v) is 17.5. The van der Waals surface area contributed by atoms with Crippen molar-refractivity contribution in [2.45, 2.75) is 49.4 Å². The first-order chi connectivity index (χ1) is 7.19. The van der Waals surface area contributed by atoms with Gasteiger partial charge in [0.2, 0.25) is 0 Å². The van der Waals surface area contributed by atoms with E-state index in [9.17, 15) is 0 Å². The Morgan fingerprint density at radius 1 is 0.933 bits per heavy atom. The van der Waals surface area contributed by atoms with Crippen LogP contribution in [0.25, 0.3) is 0 Å². The Morgan fingerprint density at radius 2 is 1.40 bits per heavy atom. The predicted octanol–water partition coefficient (Wildman–Crippen LogP) is 2.91. The van der Waals surface area contributed by atoms with Crippen LogP contribution in [-0.2, 0) is 0 Å². The molecule has 90 valence electrons. The Morgan fingerprint density at radius 3 is 1.73 bits per heavy atom. The third kappa shape index (κ3) is 3.10. The van der Waals surface area contributed by atoms with Gasteiger partial charge in [-0.15, -0.1) is 0 Å². The fourth-order valence-electron chi connectivity index (χ4n) is 2.83. The van der Waals surface area contributed by atoms with Gasteiger partial charge in [0, 0.05) is 0 Å². The molecule has 0 amide bonds. The fraction of sp³-hybridized carbons (Fsp3) is 1.00. The van der Waals surface area contributed by atoms with Gasteiger partial charge in [-0.05, 0) is 0 Å². The van der Waals surface area contributed by atoms with Crippen molar-refractivity contribution in [3.63, 3.8) is 0 Å². The predicted molar refractivity (Wildman–Crippen MR) is 70.4 cm³/mol. The summed E-state index contributed by atoms with van der Waals surface area (Å²) in [5.41, 5.74) is 0. The molecule has 0 aliphatic carbocycles. The Balaban J connectivity index is 2.71. The molecule has 1 heterocycles. The summed E-state index contributed by atoms with van der Waals surface area (Å²) in [6.45, 7) is 12.5. The molecule has 0 aromatic carbocycles. The van der Waals surface area contributed by atoms with E-state index < -0.39 is 18.9 Å². The molecule has 0 aromatic rings. The van der Waals surface area contributed by atoms with Crippen molar-refractivity contribution in [2.24, 2.45) is 0 Å². The molecule has 1 fully saturated rings. The third-order valence-electron chi connectivity index (χ3n) is 3.88. The number of hydrogen-bond acceptors (Lipinski definition) is 2. The Bertz CT molecular complexity index is 166. The van der Waals surface area contributed by atoms with Crippen LogP contribution in [0.5, 0.6) is 0 Å². The third-order valence-corrected chi connectivity index (χ3v) is 18.0. The molecule has 0 aromatic heterocycles. The molecule has 0 radical (unpaired) electrons. The molecule has 0 bridgehead atoms. The van der Waals surface area contributed by atoms with Gasteiger partial charge in [-0.25, -0.2) is 0 Å². The molecule has 2 nitrogen and oxygen atoms in total. The van der Waals surface area contributed by atoms with Crippen LogP contribution in [0.2, 0.25) is 9.38 Å². The monoisotopic (exact) mass is 320 g/mol. The maximum atomic E-state index is 2.90. The molecule has 1 saturated heterocycles. The summed E-state index contributed by atoms with van der Waals surface area (Å²) in [6.07, 6.45) is 4.05. The Labute approximate surface area is 101 Å². The van der Waals surface area contributed by atoms with Crippen LogP contribution in [0.3, 0.4) is 0 Å². The SMILES string of the molecule is CCC[N]1CCC[N](CCC)[Sn]1([CH3])[CH2]C. The summed E-state index contributed by atoms with van der Waals surface area (Å²) in [6, 6.07) is 0. The van der Waals surface area contributed by atoms with E-state index in [2.05, 4.69) is 32.0 Å². The first-order valence-corrected chi connectivity index (χ1v) is 14.1. The van der Waals surface area contributed by atoms with E-state index in [1.807, 2.05) is 0 Å². The van der Waals surface area contributed by atoms with Gasteiger partial charge in [-0.3, -0.25) is 0 Å². The van der Waals surface area contributed by atoms with Gasteiger partial charge in [0.25, 0.3) is 0 Å². The van der Waals surface area contributed by atoms with E-state index in [1.165, 1.54) is 49.9 Å². The first-order valence-electron chi connectivity index (χ1n) is 6.69. The zero-order valence-corrected chi connectivity index (χ0v) is 13.9. The van der Waals surface area contributed by atoms with Gasteiger partial charge in [0.05, 0.1) is 0 Å². The van der Waals surface area contributed by atoms with Crippen LogP contribution in [0.1, 0.15) is 40.0 Å². The van der Waals surface area contributed by atoms with Crippen LogP contribution in [0, 0.1) is 0 Å². The van der Waals surface area contributed by atoms with Gasteiger partial charge in [-0.1, -0.05) is 0 Å². The summed E-state index contributed by atoms with van der Waals surface area (Å²) in [5.74, 6) is 0. The van der Waals surface area contributed by atoms with E-state index in [0.717, 1.165) is 0 Å². The normalized spacial score (nSPS) is 23.2. The topological polar surface area (TPSA) is 6.48 Å². The summed E-state index contributed by atoms with van der Waals surface area (Å²) in [5, 5.41) is 0. The molecule has 0 N–H and O–H groups in total. The van der Waals surface area contributed by atoms with Crippen LogP contribution in [-0.4, -0.2) is 51.3 Å². The minimum atomic E-state index is -2.05. The molecule has 1 rings (SSSR count). The second kappa shape index (κ2) is 6.45. The molecule has 1 aliphatic heterocycles. The average Bonchev–Trinajstić information content (AvgIpc) is 2.25. The van der Waals surface area contributed by atoms with Crippen molar-refractivity contribution in [3.05, 3.63) is 0 Å². The van der Waals surface area contributed by atoms with Gasteiger partial charge < -0.3 is 0 Å². The van der Waals surface area contributed by atoms with Crippen molar-refractivity contribution in [2.75, 3.05) is 26.2 Å². The molecule has 1 aliphatic rings. The van der Waals surface area contributed by atoms with E-state index in [0.29, 0.717) is 0 Å². The van der Waals surface area contributed by atoms with Crippen LogP contribution in [0.4, 0.5) is 0 Å². The molecule has 3 heteroatoms. The van der Waals surface area contributed by atoms with E-state index in [4.69, 9.17) is 0 Å². The van der Waals surface area contributed by atoms with Crippen LogP contribution in [0.15, 0.2) is 0 Å². The van der Waals surface area contributed by atoms with E-state index in [-0.39, 0.29) is 0 Å². The number of hydrogen-bond donors (Lipinski definition) is 0. The standard InChI is InChI=1S/C9H20N2.C2H5.CH3.Sn/c1-3-6-10-8-5-9-11-7-4-2;1-2;;/h3-9H2,1-2H3;1H2,2H3;1H3;/q-2;;;+2. The second-order valence-electron chi connectivity index (χ2n) is 4.90. The quantitative estimate of drug-likeness (QED) is 0.719. The molecule has 0 atom stereocenters.